The summed E-state index contributed by atoms with van der Waals surface area (Å²) in [6.45, 7) is 0. The summed E-state index contributed by atoms with van der Waals surface area (Å²) in [4.78, 5) is 9.58. The molecular formula is C4H3NaO2. The third-order valence-corrected chi connectivity index (χ3v) is 0.670. The molecule has 0 saturated carbocycles. The van der Waals surface area contributed by atoms with Crippen molar-refractivity contribution < 1.29 is 39.5 Å². The van der Waals surface area contributed by atoms with Crippen LogP contribution in [-0.2, 0) is 4.79 Å². The van der Waals surface area contributed by atoms with Crippen molar-refractivity contribution in [3.63, 3.8) is 0 Å². The van der Waals surface area contributed by atoms with E-state index in [1.807, 2.05) is 0 Å². The van der Waals surface area contributed by atoms with Gasteiger partial charge in [0.2, 0.25) is 0 Å². The van der Waals surface area contributed by atoms with Gasteiger partial charge in [0.15, 0.2) is 0 Å². The maximum absolute atomic E-state index is 9.58. The molecule has 0 saturated heterocycles. The zero-order chi connectivity index (χ0) is 4.57. The second kappa shape index (κ2) is 2.50. The van der Waals surface area contributed by atoms with Crippen LogP contribution in [0.15, 0.2) is 11.6 Å². The average molecular weight is 106 g/mol. The van der Waals surface area contributed by atoms with Crippen molar-refractivity contribution in [3.8, 4) is 0 Å². The molecule has 0 spiro atoms. The molecule has 0 aromatic rings. The third kappa shape index (κ3) is 2.12. The van der Waals surface area contributed by atoms with Gasteiger partial charge >= 0.3 is 29.6 Å². The molecule has 0 N–H and O–H groups in total. The quantitative estimate of drug-likeness (QED) is 0.320. The summed E-state index contributed by atoms with van der Waals surface area (Å²) in [6, 6.07) is 0. The van der Waals surface area contributed by atoms with Crippen LogP contribution < -0.4 is 34.7 Å². The van der Waals surface area contributed by atoms with Crippen molar-refractivity contribution in [3.05, 3.63) is 11.6 Å². The van der Waals surface area contributed by atoms with Crippen molar-refractivity contribution in [1.82, 2.24) is 0 Å². The van der Waals surface area contributed by atoms with Crippen LogP contribution in [0.2, 0.25) is 0 Å². The van der Waals surface area contributed by atoms with Gasteiger partial charge in [-0.15, -0.1) is 0 Å². The van der Waals surface area contributed by atoms with E-state index in [0.717, 1.165) is 0 Å². The Morgan fingerprint density at radius 1 is 1.86 bits per heavy atom. The molecule has 0 radical (unpaired) electrons. The number of carbonyl (C=O) groups is 1. The van der Waals surface area contributed by atoms with Gasteiger partial charge in [0, 0.05) is 0 Å². The summed E-state index contributed by atoms with van der Waals surface area (Å²) < 4.78 is 0. The molecule has 0 bridgehead atoms. The number of rotatable bonds is 1. The van der Waals surface area contributed by atoms with Gasteiger partial charge in [-0.3, -0.25) is 0 Å². The average Bonchev–Trinajstić information content (AvgIpc) is 2.06. The van der Waals surface area contributed by atoms with Gasteiger partial charge in [0.05, 0.1) is 5.97 Å². The molecule has 0 aliphatic heterocycles. The number of carboxylic acid groups (broad SMARTS) is 1. The zero-order valence-corrected chi connectivity index (χ0v) is 6.10. The van der Waals surface area contributed by atoms with Crippen LogP contribution in [-0.4, -0.2) is 5.97 Å². The van der Waals surface area contributed by atoms with Crippen LogP contribution in [0.4, 0.5) is 0 Å². The van der Waals surface area contributed by atoms with E-state index < -0.39 is 5.97 Å². The van der Waals surface area contributed by atoms with E-state index in [-0.39, 0.29) is 29.6 Å². The van der Waals surface area contributed by atoms with Crippen molar-refractivity contribution in [2.75, 3.05) is 0 Å². The first-order chi connectivity index (χ1) is 2.80. The predicted molar refractivity (Wildman–Crippen MR) is 17.7 cm³/mol. The first kappa shape index (κ1) is 7.21. The van der Waals surface area contributed by atoms with Crippen molar-refractivity contribution in [2.45, 2.75) is 6.42 Å². The Morgan fingerprint density at radius 2 is 2.29 bits per heavy atom. The fraction of sp³-hybridized carbons (Fsp3) is 0.250. The molecular weight excluding hydrogens is 103 g/mol. The second-order valence-electron chi connectivity index (χ2n) is 1.22. The topological polar surface area (TPSA) is 40.1 Å². The van der Waals surface area contributed by atoms with Crippen LogP contribution in [0.5, 0.6) is 0 Å². The van der Waals surface area contributed by atoms with E-state index in [1.54, 1.807) is 6.08 Å². The van der Waals surface area contributed by atoms with Crippen LogP contribution in [0, 0.1) is 0 Å². The summed E-state index contributed by atoms with van der Waals surface area (Å²) in [5, 5.41) is 9.58. The molecule has 7 heavy (non-hydrogen) atoms. The second-order valence-corrected chi connectivity index (χ2v) is 1.22. The molecule has 0 aromatic carbocycles. The van der Waals surface area contributed by atoms with Crippen LogP contribution >= 0.6 is 0 Å². The SMILES string of the molecule is O=C([O-])C1=CC1.[Na+]. The fourth-order valence-electron chi connectivity index (χ4n) is 0.218. The van der Waals surface area contributed by atoms with Gasteiger partial charge in [-0.1, -0.05) is 6.08 Å². The number of carbonyl (C=O) groups excluding carboxylic acids is 1. The third-order valence-electron chi connectivity index (χ3n) is 0.670. The summed E-state index contributed by atoms with van der Waals surface area (Å²) in [6.07, 6.45) is 2.25. The summed E-state index contributed by atoms with van der Waals surface area (Å²) in [5.41, 5.74) is 0.440. The maximum atomic E-state index is 9.58. The largest absolute Gasteiger partial charge is 1.00 e. The van der Waals surface area contributed by atoms with Gasteiger partial charge in [0.1, 0.15) is 0 Å². The smallest absolute Gasteiger partial charge is 0.545 e. The Morgan fingerprint density at radius 3 is 2.29 bits per heavy atom. The zero-order valence-electron chi connectivity index (χ0n) is 4.10. The fourth-order valence-corrected chi connectivity index (χ4v) is 0.218. The van der Waals surface area contributed by atoms with Crippen LogP contribution in [0.1, 0.15) is 6.42 Å². The molecule has 0 fully saturated rings. The normalized spacial score (nSPS) is 14.0. The van der Waals surface area contributed by atoms with E-state index >= 15 is 0 Å². The minimum Gasteiger partial charge on any atom is -0.545 e. The minimum atomic E-state index is -1.02. The molecule has 2 nitrogen and oxygen atoms in total. The molecule has 1 aliphatic carbocycles. The van der Waals surface area contributed by atoms with E-state index in [0.29, 0.717) is 12.0 Å². The van der Waals surface area contributed by atoms with Crippen molar-refractivity contribution in [2.24, 2.45) is 0 Å². The van der Waals surface area contributed by atoms with Gasteiger partial charge < -0.3 is 9.90 Å². The van der Waals surface area contributed by atoms with Gasteiger partial charge in [-0.05, 0) is 12.0 Å². The van der Waals surface area contributed by atoms with E-state index in [9.17, 15) is 9.90 Å². The first-order valence-electron chi connectivity index (χ1n) is 1.71. The summed E-state index contributed by atoms with van der Waals surface area (Å²) in [7, 11) is 0. The first-order valence-corrected chi connectivity index (χ1v) is 1.71. The number of carboxylic acids is 1. The van der Waals surface area contributed by atoms with Crippen LogP contribution in [0.3, 0.4) is 0 Å². The predicted octanol–water partition coefficient (Wildman–Crippen LogP) is -3.93. The molecule has 32 valence electrons. The molecule has 3 heteroatoms. The monoisotopic (exact) mass is 106 g/mol. The van der Waals surface area contributed by atoms with Gasteiger partial charge in [-0.25, -0.2) is 0 Å². The van der Waals surface area contributed by atoms with Crippen molar-refractivity contribution >= 4 is 5.97 Å². The van der Waals surface area contributed by atoms with Gasteiger partial charge in [-0.2, -0.15) is 0 Å². The Labute approximate surface area is 63.5 Å². The maximum Gasteiger partial charge on any atom is 1.00 e. The van der Waals surface area contributed by atoms with Gasteiger partial charge in [0.25, 0.3) is 0 Å². The number of hydrogen-bond acceptors (Lipinski definition) is 2. The van der Waals surface area contributed by atoms with E-state index in [1.165, 1.54) is 0 Å². The molecule has 1 rings (SSSR count). The minimum absolute atomic E-state index is 0. The molecule has 0 amide bonds. The number of allylic oxidation sites excluding steroid dienone is 1. The molecule has 0 heterocycles. The number of aliphatic carboxylic acids is 1. The standard InChI is InChI=1S/C4H4O2.Na/c5-4(6)3-1-2-3;/h1H,2H2,(H,5,6);/q;+1/p-1. The Kier molecular flexibility index (Phi) is 2.58. The molecule has 1 aliphatic rings. The Bertz CT molecular complexity index is 117. The van der Waals surface area contributed by atoms with Crippen LogP contribution in [0.25, 0.3) is 0 Å². The Balaban J connectivity index is 0.000000360. The van der Waals surface area contributed by atoms with E-state index in [2.05, 4.69) is 0 Å². The number of hydrogen-bond donors (Lipinski definition) is 0. The van der Waals surface area contributed by atoms with E-state index in [4.69, 9.17) is 0 Å². The Hall–Kier alpha value is 0.210. The molecule has 0 atom stereocenters. The van der Waals surface area contributed by atoms with Crippen molar-refractivity contribution in [1.29, 1.82) is 0 Å². The molecule has 0 aromatic heterocycles. The summed E-state index contributed by atoms with van der Waals surface area (Å²) >= 11 is 0. The summed E-state index contributed by atoms with van der Waals surface area (Å²) in [5.74, 6) is -1.02. The molecule has 0 unspecified atom stereocenters.